The van der Waals surface area contributed by atoms with Crippen LogP contribution in [0, 0.1) is 0 Å². The lowest BCUT2D eigenvalue weighted by molar-refractivity contribution is 0.240. The van der Waals surface area contributed by atoms with Crippen LogP contribution in [0.2, 0.25) is 0 Å². The van der Waals surface area contributed by atoms with Crippen LogP contribution in [0.4, 0.5) is 0 Å². The van der Waals surface area contributed by atoms with Gasteiger partial charge < -0.3 is 4.74 Å². The van der Waals surface area contributed by atoms with Crippen LogP contribution in [0.15, 0.2) is 61.2 Å². The van der Waals surface area contributed by atoms with Gasteiger partial charge in [0.2, 0.25) is 0 Å². The number of hydrogen-bond acceptors (Lipinski definition) is 4. The first-order chi connectivity index (χ1) is 12.3. The third-order valence-corrected chi connectivity index (χ3v) is 4.80. The van der Waals surface area contributed by atoms with Crippen LogP contribution in [0.3, 0.4) is 0 Å². The second-order valence-electron chi connectivity index (χ2n) is 6.33. The molecule has 0 aliphatic carbocycles. The Morgan fingerprint density at radius 3 is 2.92 bits per heavy atom. The number of ether oxygens (including phenoxy) is 1. The number of nitrogens with zero attached hydrogens (tertiary/aromatic N) is 4. The molecule has 1 atom stereocenters. The first-order valence-corrected chi connectivity index (χ1v) is 8.66. The van der Waals surface area contributed by atoms with E-state index in [0.717, 1.165) is 36.8 Å². The molecular weight excluding hydrogens is 312 g/mol. The van der Waals surface area contributed by atoms with E-state index in [1.807, 2.05) is 29.0 Å². The predicted molar refractivity (Wildman–Crippen MR) is 96.7 cm³/mol. The minimum absolute atomic E-state index is 0.341. The first-order valence-electron chi connectivity index (χ1n) is 8.66. The number of likely N-dealkylation sites (tertiary alicyclic amines) is 1. The van der Waals surface area contributed by atoms with Gasteiger partial charge in [0.05, 0.1) is 18.8 Å². The van der Waals surface area contributed by atoms with Crippen molar-refractivity contribution in [2.24, 2.45) is 0 Å². The van der Waals surface area contributed by atoms with E-state index in [2.05, 4.69) is 34.1 Å². The first kappa shape index (κ1) is 15.8. The van der Waals surface area contributed by atoms with Crippen molar-refractivity contribution in [2.75, 3.05) is 13.7 Å². The number of rotatable bonds is 5. The Kier molecular flexibility index (Phi) is 4.48. The van der Waals surface area contributed by atoms with E-state index in [1.54, 1.807) is 19.6 Å². The van der Waals surface area contributed by atoms with Crippen molar-refractivity contribution in [1.82, 2.24) is 19.4 Å². The van der Waals surface area contributed by atoms with Crippen molar-refractivity contribution in [3.63, 3.8) is 0 Å². The fourth-order valence-electron chi connectivity index (χ4n) is 3.57. The van der Waals surface area contributed by atoms with Gasteiger partial charge in [-0.1, -0.05) is 24.3 Å². The quantitative estimate of drug-likeness (QED) is 0.715. The lowest BCUT2D eigenvalue weighted by Gasteiger charge is -2.25. The van der Waals surface area contributed by atoms with Crippen molar-refractivity contribution in [2.45, 2.75) is 25.4 Å². The molecule has 2 aromatic heterocycles. The van der Waals surface area contributed by atoms with Gasteiger partial charge in [0.15, 0.2) is 0 Å². The molecule has 1 aliphatic heterocycles. The zero-order chi connectivity index (χ0) is 17.1. The minimum Gasteiger partial charge on any atom is -0.496 e. The molecule has 128 valence electrons. The number of benzene rings is 1. The highest BCUT2D eigenvalue weighted by atomic mass is 16.5. The fourth-order valence-corrected chi connectivity index (χ4v) is 3.57. The van der Waals surface area contributed by atoms with Gasteiger partial charge in [0.25, 0.3) is 0 Å². The van der Waals surface area contributed by atoms with Gasteiger partial charge in [-0.05, 0) is 37.6 Å². The lowest BCUT2D eigenvalue weighted by Crippen LogP contribution is -2.24. The molecule has 1 aromatic carbocycles. The Bertz CT molecular complexity index is 831. The van der Waals surface area contributed by atoms with Crippen molar-refractivity contribution < 1.29 is 4.74 Å². The number of pyridine rings is 1. The van der Waals surface area contributed by atoms with Crippen molar-refractivity contribution in [1.29, 1.82) is 0 Å². The van der Waals surface area contributed by atoms with E-state index in [1.165, 1.54) is 12.0 Å². The van der Waals surface area contributed by atoms with Gasteiger partial charge in [-0.2, -0.15) is 0 Å². The topological polar surface area (TPSA) is 43.2 Å². The molecule has 1 saturated heterocycles. The summed E-state index contributed by atoms with van der Waals surface area (Å²) < 4.78 is 7.46. The molecule has 3 aromatic rings. The summed E-state index contributed by atoms with van der Waals surface area (Å²) in [7, 11) is 1.73. The number of para-hydroxylation sites is 1. The summed E-state index contributed by atoms with van der Waals surface area (Å²) in [6, 6.07) is 14.8. The third-order valence-electron chi connectivity index (χ3n) is 4.80. The molecule has 5 heteroatoms. The van der Waals surface area contributed by atoms with E-state index in [-0.39, 0.29) is 0 Å². The lowest BCUT2D eigenvalue weighted by atomic mass is 10.1. The predicted octanol–water partition coefficient (Wildman–Crippen LogP) is 3.61. The highest BCUT2D eigenvalue weighted by molar-refractivity contribution is 5.33. The average molecular weight is 334 g/mol. The number of aromatic nitrogens is 3. The SMILES string of the molecule is COc1ccccc1CN1CCC[C@H]1c1cccc(-n2ccnc2)n1. The van der Waals surface area contributed by atoms with Crippen LogP contribution < -0.4 is 4.74 Å². The molecule has 0 bridgehead atoms. The summed E-state index contributed by atoms with van der Waals surface area (Å²) in [5.41, 5.74) is 2.35. The maximum atomic E-state index is 5.51. The summed E-state index contributed by atoms with van der Waals surface area (Å²) in [6.45, 7) is 1.96. The number of methoxy groups -OCH3 is 1. The molecule has 0 saturated carbocycles. The average Bonchev–Trinajstić information content (AvgIpc) is 3.34. The Morgan fingerprint density at radius 1 is 1.16 bits per heavy atom. The molecule has 0 spiro atoms. The largest absolute Gasteiger partial charge is 0.496 e. The minimum atomic E-state index is 0.341. The van der Waals surface area contributed by atoms with Crippen LogP contribution in [-0.4, -0.2) is 33.1 Å². The molecule has 25 heavy (non-hydrogen) atoms. The smallest absolute Gasteiger partial charge is 0.138 e. The number of imidazole rings is 1. The van der Waals surface area contributed by atoms with E-state index < -0.39 is 0 Å². The molecule has 0 unspecified atom stereocenters. The van der Waals surface area contributed by atoms with Gasteiger partial charge >= 0.3 is 0 Å². The Morgan fingerprint density at radius 2 is 2.08 bits per heavy atom. The molecule has 0 radical (unpaired) electrons. The molecular formula is C20H22N4O. The second-order valence-corrected chi connectivity index (χ2v) is 6.33. The zero-order valence-electron chi connectivity index (χ0n) is 14.4. The van der Waals surface area contributed by atoms with Gasteiger partial charge in [-0.15, -0.1) is 0 Å². The summed E-state index contributed by atoms with van der Waals surface area (Å²) in [5.74, 6) is 1.87. The van der Waals surface area contributed by atoms with Crippen LogP contribution in [0.5, 0.6) is 5.75 Å². The van der Waals surface area contributed by atoms with Crippen LogP contribution in [0.1, 0.15) is 30.1 Å². The van der Waals surface area contributed by atoms with Crippen molar-refractivity contribution >= 4 is 0 Å². The highest BCUT2D eigenvalue weighted by Crippen LogP contribution is 2.33. The molecule has 4 rings (SSSR count). The maximum absolute atomic E-state index is 5.51. The third kappa shape index (κ3) is 3.28. The van der Waals surface area contributed by atoms with Gasteiger partial charge in [-0.25, -0.2) is 9.97 Å². The molecule has 0 amide bonds. The molecule has 3 heterocycles. The Hall–Kier alpha value is -2.66. The standard InChI is InChI=1S/C20H22N4O/c1-25-19-9-3-2-6-16(19)14-23-12-5-8-18(23)17-7-4-10-20(22-17)24-13-11-21-15-24/h2-4,6-7,9-11,13,15,18H,5,8,12,14H2,1H3/t18-/m0/s1. The van der Waals surface area contributed by atoms with E-state index in [4.69, 9.17) is 9.72 Å². The number of hydrogen-bond donors (Lipinski definition) is 0. The van der Waals surface area contributed by atoms with Crippen molar-refractivity contribution in [3.05, 3.63) is 72.4 Å². The van der Waals surface area contributed by atoms with Crippen LogP contribution >= 0.6 is 0 Å². The second kappa shape index (κ2) is 7.07. The monoisotopic (exact) mass is 334 g/mol. The zero-order valence-corrected chi connectivity index (χ0v) is 14.4. The van der Waals surface area contributed by atoms with Crippen LogP contribution in [-0.2, 0) is 6.54 Å². The normalized spacial score (nSPS) is 17.7. The van der Waals surface area contributed by atoms with Crippen molar-refractivity contribution in [3.8, 4) is 11.6 Å². The van der Waals surface area contributed by atoms with Gasteiger partial charge in [0.1, 0.15) is 17.9 Å². The highest BCUT2D eigenvalue weighted by Gasteiger charge is 2.27. The summed E-state index contributed by atoms with van der Waals surface area (Å²) in [4.78, 5) is 11.5. The van der Waals surface area contributed by atoms with Gasteiger partial charge in [-0.3, -0.25) is 9.47 Å². The summed E-state index contributed by atoms with van der Waals surface area (Å²) in [6.07, 6.45) is 7.81. The summed E-state index contributed by atoms with van der Waals surface area (Å²) >= 11 is 0. The van der Waals surface area contributed by atoms with E-state index >= 15 is 0 Å². The fraction of sp³-hybridized carbons (Fsp3) is 0.300. The molecule has 5 nitrogen and oxygen atoms in total. The molecule has 1 aliphatic rings. The molecule has 1 fully saturated rings. The van der Waals surface area contributed by atoms with E-state index in [9.17, 15) is 0 Å². The maximum Gasteiger partial charge on any atom is 0.138 e. The Labute approximate surface area is 147 Å². The Balaban J connectivity index is 1.58. The molecule has 0 N–H and O–H groups in total. The van der Waals surface area contributed by atoms with E-state index in [0.29, 0.717) is 6.04 Å². The summed E-state index contributed by atoms with van der Waals surface area (Å²) in [5, 5.41) is 0. The van der Waals surface area contributed by atoms with Gasteiger partial charge in [0, 0.05) is 24.5 Å². The van der Waals surface area contributed by atoms with Crippen LogP contribution in [0.25, 0.3) is 5.82 Å².